The van der Waals surface area contributed by atoms with Gasteiger partial charge < -0.3 is 10.6 Å². The summed E-state index contributed by atoms with van der Waals surface area (Å²) < 4.78 is 28.2. The Hall–Kier alpha value is -1.01. The van der Waals surface area contributed by atoms with Crippen molar-refractivity contribution in [2.75, 3.05) is 13.1 Å². The predicted molar refractivity (Wildman–Crippen MR) is 81.0 cm³/mol. The molecule has 2 atom stereocenters. The molecule has 6 heteroatoms. The van der Waals surface area contributed by atoms with Gasteiger partial charge in [-0.05, 0) is 44.4 Å². The summed E-state index contributed by atoms with van der Waals surface area (Å²) in [5, 5.41) is 0. The van der Waals surface area contributed by atoms with Crippen molar-refractivity contribution >= 4 is 21.8 Å². The van der Waals surface area contributed by atoms with Gasteiger partial charge in [-0.2, -0.15) is 0 Å². The van der Waals surface area contributed by atoms with Crippen molar-refractivity contribution < 1.29 is 13.6 Å². The molecule has 21 heavy (non-hydrogen) atoms. The van der Waals surface area contributed by atoms with Crippen molar-refractivity contribution in [3.63, 3.8) is 0 Å². The van der Waals surface area contributed by atoms with Crippen LogP contribution in [0.3, 0.4) is 0 Å². The van der Waals surface area contributed by atoms with Crippen molar-refractivity contribution in [1.29, 1.82) is 0 Å². The number of benzene rings is 1. The van der Waals surface area contributed by atoms with Crippen molar-refractivity contribution in [1.82, 2.24) is 4.90 Å². The zero-order valence-corrected chi connectivity index (χ0v) is 13.5. The SMILES string of the molecule is CCN(C(=O)c1c(F)cc(Br)cc1F)C1CCCC1CN. The third-order valence-corrected chi connectivity index (χ3v) is 4.60. The fourth-order valence-corrected chi connectivity index (χ4v) is 3.52. The van der Waals surface area contributed by atoms with Gasteiger partial charge in [0.1, 0.15) is 17.2 Å². The van der Waals surface area contributed by atoms with Crippen molar-refractivity contribution in [2.24, 2.45) is 11.7 Å². The molecular weight excluding hydrogens is 342 g/mol. The molecule has 0 radical (unpaired) electrons. The van der Waals surface area contributed by atoms with Crippen molar-refractivity contribution in [3.05, 3.63) is 33.8 Å². The largest absolute Gasteiger partial charge is 0.335 e. The Bertz CT molecular complexity index is 515. The van der Waals surface area contributed by atoms with Gasteiger partial charge in [-0.15, -0.1) is 0 Å². The van der Waals surface area contributed by atoms with Crippen LogP contribution >= 0.6 is 15.9 Å². The molecular formula is C15H19BrF2N2O. The van der Waals surface area contributed by atoms with E-state index in [-0.39, 0.29) is 16.4 Å². The molecule has 1 saturated carbocycles. The molecule has 3 nitrogen and oxygen atoms in total. The first-order valence-corrected chi connectivity index (χ1v) is 7.94. The Morgan fingerprint density at radius 2 is 2.00 bits per heavy atom. The molecule has 1 aromatic carbocycles. The molecule has 1 aliphatic carbocycles. The van der Waals surface area contributed by atoms with Gasteiger partial charge in [0.15, 0.2) is 0 Å². The van der Waals surface area contributed by atoms with E-state index < -0.39 is 23.1 Å². The fourth-order valence-electron chi connectivity index (χ4n) is 3.12. The maximum Gasteiger partial charge on any atom is 0.260 e. The molecule has 0 spiro atoms. The molecule has 1 aromatic rings. The number of amides is 1. The molecule has 0 aliphatic heterocycles. The Balaban J connectivity index is 2.33. The number of carbonyl (C=O) groups excluding carboxylic acids is 1. The van der Waals surface area contributed by atoms with Gasteiger partial charge in [0.25, 0.3) is 5.91 Å². The number of nitrogens with zero attached hydrogens (tertiary/aromatic N) is 1. The topological polar surface area (TPSA) is 46.3 Å². The normalized spacial score (nSPS) is 21.6. The maximum absolute atomic E-state index is 14.0. The maximum atomic E-state index is 14.0. The van der Waals surface area contributed by atoms with Gasteiger partial charge >= 0.3 is 0 Å². The summed E-state index contributed by atoms with van der Waals surface area (Å²) >= 11 is 3.02. The highest BCUT2D eigenvalue weighted by molar-refractivity contribution is 9.10. The quantitative estimate of drug-likeness (QED) is 0.895. The minimum atomic E-state index is -0.840. The van der Waals surface area contributed by atoms with E-state index in [2.05, 4.69) is 15.9 Å². The number of halogens is 3. The van der Waals surface area contributed by atoms with Gasteiger partial charge in [0.2, 0.25) is 0 Å². The van der Waals surface area contributed by atoms with E-state index in [4.69, 9.17) is 5.73 Å². The second-order valence-electron chi connectivity index (χ2n) is 5.33. The fraction of sp³-hybridized carbons (Fsp3) is 0.533. The minimum Gasteiger partial charge on any atom is -0.335 e. The molecule has 0 saturated heterocycles. The molecule has 2 rings (SSSR count). The zero-order chi connectivity index (χ0) is 15.6. The summed E-state index contributed by atoms with van der Waals surface area (Å²) in [6.45, 7) is 2.72. The lowest BCUT2D eigenvalue weighted by atomic mass is 10.0. The van der Waals surface area contributed by atoms with E-state index in [9.17, 15) is 13.6 Å². The number of rotatable bonds is 4. The number of hydrogen-bond acceptors (Lipinski definition) is 2. The van der Waals surface area contributed by atoms with Crippen LogP contribution < -0.4 is 5.73 Å². The van der Waals surface area contributed by atoms with Crippen LogP contribution in [0.15, 0.2) is 16.6 Å². The Morgan fingerprint density at radius 1 is 1.38 bits per heavy atom. The van der Waals surface area contributed by atoms with Crippen LogP contribution in [0.25, 0.3) is 0 Å². The molecule has 0 heterocycles. The van der Waals surface area contributed by atoms with E-state index in [0.29, 0.717) is 13.1 Å². The lowest BCUT2D eigenvalue weighted by Crippen LogP contribution is -2.44. The first-order valence-electron chi connectivity index (χ1n) is 7.15. The monoisotopic (exact) mass is 360 g/mol. The second-order valence-corrected chi connectivity index (χ2v) is 6.25. The van der Waals surface area contributed by atoms with E-state index in [1.807, 2.05) is 6.92 Å². The van der Waals surface area contributed by atoms with E-state index in [0.717, 1.165) is 31.4 Å². The first-order chi connectivity index (χ1) is 9.99. The molecule has 0 bridgehead atoms. The lowest BCUT2D eigenvalue weighted by Gasteiger charge is -2.32. The van der Waals surface area contributed by atoms with Gasteiger partial charge in [0.05, 0.1) is 0 Å². The van der Waals surface area contributed by atoms with Crippen LogP contribution in [-0.4, -0.2) is 29.9 Å². The van der Waals surface area contributed by atoms with E-state index in [1.165, 1.54) is 0 Å². The summed E-state index contributed by atoms with van der Waals surface area (Å²) in [5.41, 5.74) is 5.26. The average molecular weight is 361 g/mol. The van der Waals surface area contributed by atoms with Crippen LogP contribution in [0.5, 0.6) is 0 Å². The van der Waals surface area contributed by atoms with Crippen molar-refractivity contribution in [3.8, 4) is 0 Å². The van der Waals surface area contributed by atoms with E-state index >= 15 is 0 Å². The highest BCUT2D eigenvalue weighted by Crippen LogP contribution is 2.31. The average Bonchev–Trinajstić information content (AvgIpc) is 2.86. The molecule has 2 N–H and O–H groups in total. The third-order valence-electron chi connectivity index (χ3n) is 4.14. The van der Waals surface area contributed by atoms with Crippen molar-refractivity contribution in [2.45, 2.75) is 32.2 Å². The summed E-state index contributed by atoms with van der Waals surface area (Å²) in [7, 11) is 0. The third kappa shape index (κ3) is 3.26. The molecule has 2 unspecified atom stereocenters. The van der Waals surface area contributed by atoms with Crippen LogP contribution in [0, 0.1) is 17.6 Å². The highest BCUT2D eigenvalue weighted by Gasteiger charge is 2.35. The minimum absolute atomic E-state index is 0.0325. The Morgan fingerprint density at radius 3 is 2.52 bits per heavy atom. The summed E-state index contributed by atoms with van der Waals surface area (Å²) in [6.07, 6.45) is 2.78. The molecule has 1 aliphatic rings. The standard InChI is InChI=1S/C15H19BrF2N2O/c1-2-20(13-5-3-4-9(13)8-19)15(21)14-11(17)6-10(16)7-12(14)18/h6-7,9,13H,2-5,8,19H2,1H3. The zero-order valence-electron chi connectivity index (χ0n) is 11.9. The molecule has 1 fully saturated rings. The Labute approximate surface area is 131 Å². The summed E-state index contributed by atoms with van der Waals surface area (Å²) in [4.78, 5) is 14.1. The van der Waals surface area contributed by atoms with Gasteiger partial charge in [-0.25, -0.2) is 8.78 Å². The van der Waals surface area contributed by atoms with Crippen LogP contribution in [0.2, 0.25) is 0 Å². The molecule has 116 valence electrons. The molecule has 0 aromatic heterocycles. The summed E-state index contributed by atoms with van der Waals surface area (Å²) in [6, 6.07) is 2.19. The van der Waals surface area contributed by atoms with Gasteiger partial charge in [-0.1, -0.05) is 22.4 Å². The lowest BCUT2D eigenvalue weighted by molar-refractivity contribution is 0.0642. The first kappa shape index (κ1) is 16.4. The predicted octanol–water partition coefficient (Wildman–Crippen LogP) is 3.32. The number of hydrogen-bond donors (Lipinski definition) is 1. The van der Waals surface area contributed by atoms with Gasteiger partial charge in [-0.3, -0.25) is 4.79 Å². The van der Waals surface area contributed by atoms with Crippen LogP contribution in [0.4, 0.5) is 8.78 Å². The Kier molecular flexibility index (Phi) is 5.32. The number of carbonyl (C=O) groups is 1. The highest BCUT2D eigenvalue weighted by atomic mass is 79.9. The van der Waals surface area contributed by atoms with E-state index in [1.54, 1.807) is 4.90 Å². The summed E-state index contributed by atoms with van der Waals surface area (Å²) in [5.74, 6) is -2.07. The van der Waals surface area contributed by atoms with Crippen LogP contribution in [-0.2, 0) is 0 Å². The van der Waals surface area contributed by atoms with Gasteiger partial charge in [0, 0.05) is 17.1 Å². The molecule has 1 amide bonds. The smallest absolute Gasteiger partial charge is 0.260 e. The number of nitrogens with two attached hydrogens (primary N) is 1. The second kappa shape index (κ2) is 6.83. The van der Waals surface area contributed by atoms with Crippen LogP contribution in [0.1, 0.15) is 36.5 Å².